The van der Waals surface area contributed by atoms with Crippen molar-refractivity contribution >= 4 is 11.7 Å². The fourth-order valence-electron chi connectivity index (χ4n) is 4.03. The molecule has 140 valence electrons. The number of epoxide rings is 1. The van der Waals surface area contributed by atoms with Gasteiger partial charge in [0.15, 0.2) is 5.60 Å². The first-order chi connectivity index (χ1) is 12.9. The predicted octanol–water partition coefficient (Wildman–Crippen LogP) is 3.61. The van der Waals surface area contributed by atoms with Crippen LogP contribution in [0.1, 0.15) is 35.7 Å². The molecule has 0 radical (unpaired) electrons. The number of hydrogen-bond acceptors (Lipinski definition) is 6. The number of nitro benzene ring substituents is 1. The maximum Gasteiger partial charge on any atom is 0.338 e. The second kappa shape index (κ2) is 6.06. The van der Waals surface area contributed by atoms with E-state index < -0.39 is 22.6 Å². The van der Waals surface area contributed by atoms with Gasteiger partial charge in [-0.2, -0.15) is 0 Å². The predicted molar refractivity (Wildman–Crippen MR) is 95.7 cm³/mol. The zero-order chi connectivity index (χ0) is 19.2. The van der Waals surface area contributed by atoms with Crippen molar-refractivity contribution in [3.8, 4) is 5.75 Å². The Kier molecular flexibility index (Phi) is 3.92. The Hall–Kier alpha value is -2.93. The van der Waals surface area contributed by atoms with Crippen molar-refractivity contribution in [2.24, 2.45) is 0 Å². The van der Waals surface area contributed by atoms with Crippen molar-refractivity contribution in [3.63, 3.8) is 0 Å². The van der Waals surface area contributed by atoms with E-state index in [1.165, 1.54) is 24.3 Å². The molecular weight excluding hydrogens is 350 g/mol. The van der Waals surface area contributed by atoms with Crippen molar-refractivity contribution in [2.75, 3.05) is 7.11 Å². The largest absolute Gasteiger partial charge is 0.497 e. The standard InChI is InChI=1S/C20H19NO6/c1-19-12-11-17(20(19,27-19)14-5-9-16(25-2)10-6-14)26-18(22)13-3-7-15(8-4-13)21(23)24/h3-10,17H,11-12H2,1-2H3/t17-,19-,20+/m0/s1. The number of carbonyl (C=O) groups is 1. The van der Waals surface area contributed by atoms with Crippen LogP contribution in [0.5, 0.6) is 5.75 Å². The molecule has 1 saturated heterocycles. The Morgan fingerprint density at radius 2 is 1.85 bits per heavy atom. The molecule has 1 heterocycles. The Balaban J connectivity index is 1.56. The van der Waals surface area contributed by atoms with Crippen LogP contribution in [0.4, 0.5) is 5.69 Å². The van der Waals surface area contributed by atoms with Gasteiger partial charge in [-0.1, -0.05) is 12.1 Å². The number of benzene rings is 2. The van der Waals surface area contributed by atoms with Gasteiger partial charge in [-0.05, 0) is 49.6 Å². The summed E-state index contributed by atoms with van der Waals surface area (Å²) >= 11 is 0. The summed E-state index contributed by atoms with van der Waals surface area (Å²) in [7, 11) is 1.61. The molecular formula is C20H19NO6. The van der Waals surface area contributed by atoms with E-state index >= 15 is 0 Å². The first kappa shape index (κ1) is 17.5. The van der Waals surface area contributed by atoms with Crippen molar-refractivity contribution < 1.29 is 23.9 Å². The van der Waals surface area contributed by atoms with Crippen LogP contribution in [0.15, 0.2) is 48.5 Å². The summed E-state index contributed by atoms with van der Waals surface area (Å²) in [4.78, 5) is 22.8. The zero-order valence-electron chi connectivity index (χ0n) is 15.0. The van der Waals surface area contributed by atoms with Crippen LogP contribution in [0, 0.1) is 10.1 Å². The van der Waals surface area contributed by atoms with E-state index in [1.807, 2.05) is 31.2 Å². The van der Waals surface area contributed by atoms with Gasteiger partial charge in [0.25, 0.3) is 5.69 Å². The molecule has 2 fully saturated rings. The first-order valence-corrected chi connectivity index (χ1v) is 8.70. The maximum atomic E-state index is 12.6. The summed E-state index contributed by atoms with van der Waals surface area (Å²) in [5.74, 6) is 0.234. The maximum absolute atomic E-state index is 12.6. The second-order valence-electron chi connectivity index (χ2n) is 7.03. The van der Waals surface area contributed by atoms with E-state index in [0.29, 0.717) is 6.42 Å². The number of nitro groups is 1. The van der Waals surface area contributed by atoms with Gasteiger partial charge in [-0.15, -0.1) is 0 Å². The molecule has 7 nitrogen and oxygen atoms in total. The van der Waals surface area contributed by atoms with Crippen molar-refractivity contribution in [3.05, 3.63) is 69.8 Å². The molecule has 0 bridgehead atoms. The molecule has 1 aliphatic carbocycles. The minimum Gasteiger partial charge on any atom is -0.497 e. The molecule has 27 heavy (non-hydrogen) atoms. The van der Waals surface area contributed by atoms with E-state index in [9.17, 15) is 14.9 Å². The fourth-order valence-corrected chi connectivity index (χ4v) is 4.03. The van der Waals surface area contributed by atoms with Crippen LogP contribution < -0.4 is 4.74 Å². The SMILES string of the molecule is COc1ccc([C@]23O[C@@]2(C)CC[C@@H]3OC(=O)c2ccc([N+](=O)[O-])cc2)cc1. The summed E-state index contributed by atoms with van der Waals surface area (Å²) in [6.07, 6.45) is 1.07. The Labute approximate surface area is 156 Å². The smallest absolute Gasteiger partial charge is 0.338 e. The molecule has 1 saturated carbocycles. The minimum atomic E-state index is -0.657. The average molecular weight is 369 g/mol. The lowest BCUT2D eigenvalue weighted by Crippen LogP contribution is -2.31. The summed E-state index contributed by atoms with van der Waals surface area (Å²) in [6.45, 7) is 2.02. The average Bonchev–Trinajstić information content (AvgIpc) is 3.22. The van der Waals surface area contributed by atoms with Gasteiger partial charge in [0, 0.05) is 12.1 Å². The molecule has 2 aromatic carbocycles. The number of methoxy groups -OCH3 is 1. The van der Waals surface area contributed by atoms with Gasteiger partial charge in [-0.3, -0.25) is 10.1 Å². The highest BCUT2D eigenvalue weighted by atomic mass is 16.7. The monoisotopic (exact) mass is 369 g/mol. The molecule has 0 unspecified atom stereocenters. The summed E-state index contributed by atoms with van der Waals surface area (Å²) in [6, 6.07) is 13.0. The third-order valence-corrected chi connectivity index (χ3v) is 5.55. The molecule has 0 aromatic heterocycles. The number of carbonyl (C=O) groups excluding carboxylic acids is 1. The van der Waals surface area contributed by atoms with Gasteiger partial charge in [0.05, 0.1) is 17.6 Å². The van der Waals surface area contributed by atoms with Crippen molar-refractivity contribution in [1.29, 1.82) is 0 Å². The lowest BCUT2D eigenvalue weighted by atomic mass is 9.88. The molecule has 2 aromatic rings. The number of rotatable bonds is 5. The number of esters is 1. The number of hydrogen-bond donors (Lipinski definition) is 0. The lowest BCUT2D eigenvalue weighted by molar-refractivity contribution is -0.384. The Morgan fingerprint density at radius 1 is 1.19 bits per heavy atom. The summed E-state index contributed by atoms with van der Waals surface area (Å²) in [5.41, 5.74) is 0.141. The normalized spacial score (nSPS) is 28.3. The van der Waals surface area contributed by atoms with Gasteiger partial charge < -0.3 is 14.2 Å². The Morgan fingerprint density at radius 3 is 2.41 bits per heavy atom. The van der Waals surface area contributed by atoms with Gasteiger partial charge in [0.1, 0.15) is 17.5 Å². The number of ether oxygens (including phenoxy) is 3. The Bertz CT molecular complexity index is 894. The summed E-state index contributed by atoms with van der Waals surface area (Å²) < 4.78 is 17.1. The minimum absolute atomic E-state index is 0.0692. The first-order valence-electron chi connectivity index (χ1n) is 8.70. The van der Waals surface area contributed by atoms with E-state index in [4.69, 9.17) is 14.2 Å². The van der Waals surface area contributed by atoms with Crippen LogP contribution >= 0.6 is 0 Å². The van der Waals surface area contributed by atoms with Gasteiger partial charge in [-0.25, -0.2) is 4.79 Å². The molecule has 1 aliphatic heterocycles. The van der Waals surface area contributed by atoms with Crippen LogP contribution in [0.25, 0.3) is 0 Å². The van der Waals surface area contributed by atoms with Gasteiger partial charge in [0.2, 0.25) is 0 Å². The quantitative estimate of drug-likeness (QED) is 0.346. The highest BCUT2D eigenvalue weighted by molar-refractivity contribution is 5.89. The number of nitrogens with zero attached hydrogens (tertiary/aromatic N) is 1. The molecule has 4 rings (SSSR count). The third kappa shape index (κ3) is 2.66. The van der Waals surface area contributed by atoms with Crippen LogP contribution in [0.3, 0.4) is 0 Å². The molecule has 3 atom stereocenters. The van der Waals surface area contributed by atoms with Crippen LogP contribution in [0.2, 0.25) is 0 Å². The van der Waals surface area contributed by atoms with E-state index in [-0.39, 0.29) is 16.9 Å². The topological polar surface area (TPSA) is 91.2 Å². The molecule has 7 heteroatoms. The zero-order valence-corrected chi connectivity index (χ0v) is 15.0. The molecule has 2 aliphatic rings. The van der Waals surface area contributed by atoms with E-state index in [0.717, 1.165) is 17.7 Å². The van der Waals surface area contributed by atoms with Crippen LogP contribution in [-0.2, 0) is 15.1 Å². The van der Waals surface area contributed by atoms with E-state index in [1.54, 1.807) is 7.11 Å². The number of non-ortho nitro benzene ring substituents is 1. The number of fused-ring (bicyclic) bond motifs is 1. The van der Waals surface area contributed by atoms with Crippen molar-refractivity contribution in [2.45, 2.75) is 37.1 Å². The van der Waals surface area contributed by atoms with Crippen molar-refractivity contribution in [1.82, 2.24) is 0 Å². The molecule has 0 N–H and O–H groups in total. The molecule has 0 spiro atoms. The molecule has 0 amide bonds. The highest BCUT2D eigenvalue weighted by Crippen LogP contribution is 2.66. The van der Waals surface area contributed by atoms with Gasteiger partial charge >= 0.3 is 5.97 Å². The lowest BCUT2D eigenvalue weighted by Gasteiger charge is -2.22. The highest BCUT2D eigenvalue weighted by Gasteiger charge is 2.76. The third-order valence-electron chi connectivity index (χ3n) is 5.55. The summed E-state index contributed by atoms with van der Waals surface area (Å²) in [5, 5.41) is 10.8. The second-order valence-corrected chi connectivity index (χ2v) is 7.03. The van der Waals surface area contributed by atoms with Crippen LogP contribution in [-0.4, -0.2) is 29.7 Å². The fraction of sp³-hybridized carbons (Fsp3) is 0.350. The van der Waals surface area contributed by atoms with E-state index in [2.05, 4.69) is 0 Å².